The first-order valence-electron chi connectivity index (χ1n) is 15.4. The van der Waals surface area contributed by atoms with Crippen LogP contribution in [-0.4, -0.2) is 136 Å². The van der Waals surface area contributed by atoms with Crippen molar-refractivity contribution in [2.45, 2.75) is 64.3 Å². The summed E-state index contributed by atoms with van der Waals surface area (Å²) in [7, 11) is -17.3. The summed E-state index contributed by atoms with van der Waals surface area (Å²) >= 11 is 0.868. The molecule has 8 atom stereocenters. The Morgan fingerprint density at radius 2 is 1.59 bits per heavy atom. The summed E-state index contributed by atoms with van der Waals surface area (Å²) in [5.74, 6) is -1.70. The van der Waals surface area contributed by atoms with Gasteiger partial charge in [-0.2, -0.15) is 0 Å². The molecule has 36 heteroatoms. The number of carbonyl (C=O) groups excluding carboxylic acids is 4. The maximum Gasteiger partial charge on any atom is 1.00 e. The molecule has 1 saturated heterocycles. The quantitative estimate of drug-likeness (QED) is 0.0293. The molecule has 0 spiro atoms. The molecule has 0 aliphatic carbocycles. The molecular weight excluding hydrogens is 944 g/mol. The van der Waals surface area contributed by atoms with Crippen LogP contribution in [0.25, 0.3) is 11.2 Å². The zero-order valence-electron chi connectivity index (χ0n) is 33.6. The van der Waals surface area contributed by atoms with Crippen molar-refractivity contribution in [3.63, 3.8) is 0 Å². The summed E-state index contributed by atoms with van der Waals surface area (Å²) in [5, 5.41) is 25.7. The van der Waals surface area contributed by atoms with Crippen LogP contribution >= 0.6 is 35.2 Å². The molecule has 0 bridgehead atoms. The third kappa shape index (κ3) is 22.9. The smallest absolute Gasteiger partial charge is 0.756 e. The summed E-state index contributed by atoms with van der Waals surface area (Å²) in [6, 6.07) is 0. The average molecular weight is 990 g/mol. The molecule has 0 radical (unpaired) electrons. The van der Waals surface area contributed by atoms with E-state index in [0.717, 1.165) is 29.0 Å². The average Bonchev–Trinajstić information content (AvgIpc) is 3.60. The largest absolute Gasteiger partial charge is 1.00 e. The van der Waals surface area contributed by atoms with Crippen molar-refractivity contribution in [1.82, 2.24) is 30.2 Å². The van der Waals surface area contributed by atoms with Crippen molar-refractivity contribution in [3.8, 4) is 0 Å². The Morgan fingerprint density at radius 3 is 2.16 bits per heavy atom. The second kappa shape index (κ2) is 30.4. The Bertz CT molecular complexity index is 1850. The summed E-state index contributed by atoms with van der Waals surface area (Å²) in [6.07, 6.45) is -7.72. The van der Waals surface area contributed by atoms with Gasteiger partial charge in [-0.05, 0) is 6.92 Å². The predicted octanol–water partition coefficient (Wildman–Crippen LogP) is -15.5. The number of aliphatic hydroxyl groups excluding tert-OH is 2. The fraction of sp³-hybridized carbons (Fsp3) is 0.640. The molecule has 2 aromatic rings. The molecule has 1 fully saturated rings. The number of nitrogens with zero attached hydrogens (tertiary/aromatic N) is 4. The van der Waals surface area contributed by atoms with Gasteiger partial charge in [-0.25, -0.2) is 19.3 Å². The number of hydrogen-bond acceptors (Lipinski definition) is 22. The minimum Gasteiger partial charge on any atom is -0.756 e. The number of nitrogen functional groups attached to an aromatic ring is 1. The van der Waals surface area contributed by atoms with E-state index in [2.05, 4.69) is 43.5 Å². The van der Waals surface area contributed by atoms with Crippen molar-refractivity contribution >= 4 is 74.9 Å². The zero-order chi connectivity index (χ0) is 40.6. The second-order valence-electron chi connectivity index (χ2n) is 12.1. The molecule has 2 aromatic heterocycles. The summed E-state index contributed by atoms with van der Waals surface area (Å²) < 4.78 is 60.6. The third-order valence-electron chi connectivity index (χ3n) is 7.14. The Morgan fingerprint density at radius 1 is 1.00 bits per heavy atom. The van der Waals surface area contributed by atoms with Gasteiger partial charge < -0.3 is 86.4 Å². The second-order valence-corrected chi connectivity index (χ2v) is 17.4. The van der Waals surface area contributed by atoms with Gasteiger partial charge in [-0.1, -0.05) is 25.6 Å². The number of aromatic nitrogens is 4. The number of anilines is 1. The van der Waals surface area contributed by atoms with E-state index < -0.39 is 84.6 Å². The van der Waals surface area contributed by atoms with Gasteiger partial charge in [0.15, 0.2) is 22.8 Å². The molecule has 336 valence electrons. The number of hydrogen-bond donors (Lipinski definition) is 6. The van der Waals surface area contributed by atoms with Crippen molar-refractivity contribution in [2.75, 3.05) is 37.8 Å². The number of nitrogens with two attached hydrogens (primary N) is 1. The third-order valence-corrected chi connectivity index (χ3v) is 11.0. The fourth-order valence-corrected chi connectivity index (χ4v) is 8.01. The number of fused-ring (bicyclic) bond motifs is 1. The molecule has 0 saturated carbocycles. The molecule has 2 amide bonds. The Kier molecular flexibility index (Phi) is 34.9. The van der Waals surface area contributed by atoms with Crippen molar-refractivity contribution in [1.29, 1.82) is 0 Å². The van der Waals surface area contributed by atoms with Crippen molar-refractivity contribution in [2.24, 2.45) is 5.41 Å². The Labute approximate surface area is 417 Å². The van der Waals surface area contributed by atoms with Crippen LogP contribution in [0.3, 0.4) is 0 Å². The normalized spacial score (nSPS) is 20.2. The van der Waals surface area contributed by atoms with Gasteiger partial charge in [-0.3, -0.25) is 37.4 Å². The maximum absolute atomic E-state index is 12.5. The van der Waals surface area contributed by atoms with E-state index in [1.54, 1.807) is 0 Å². The molecule has 15 N–H and O–H groups in total. The number of thioether (sulfide) groups is 1. The number of ether oxygens (including phenoxy) is 1. The van der Waals surface area contributed by atoms with E-state index in [1.165, 1.54) is 20.8 Å². The summed E-state index contributed by atoms with van der Waals surface area (Å²) in [6.45, 7) is 1.22. The van der Waals surface area contributed by atoms with Gasteiger partial charge in [0, 0.05) is 30.7 Å². The minimum atomic E-state index is -5.90. The minimum absolute atomic E-state index is 0. The molecule has 3 heterocycles. The Balaban J connectivity index is -0.00000149. The molecule has 3 unspecified atom stereocenters. The van der Waals surface area contributed by atoms with Gasteiger partial charge in [0.25, 0.3) is 23.5 Å². The topological polar surface area (TPSA) is 515 Å². The first kappa shape index (κ1) is 70.1. The number of phosphoric acid groups is 3. The number of ketones is 1. The summed E-state index contributed by atoms with van der Waals surface area (Å²) in [4.78, 5) is 104. The number of nitrogens with one attached hydrogen (secondary N) is 2. The van der Waals surface area contributed by atoms with E-state index in [9.17, 15) is 62.7 Å². The van der Waals surface area contributed by atoms with E-state index in [0.29, 0.717) is 0 Å². The standard InChI is InChI=1S/C25H40N7O18P3S.3Na.4H2O/c1-13(33)8-16(35)54-7-6-27-15(34)4-5-28-23(38)20(37)25(2,3)10-47-53(44,45)50-52(42,43)46-9-14-19(49-51(39,40)41)18(36)24(48-14)32-12-31-17-21(26)29-11-30-22(17)32;;;;;;;/h11-12,14,18-20,24,36-37H,4-10H2,1-3H3,(H,27,34)(H,28,38)(H,42,43)(H,44,45)(H2,26,29,30)(H2,39,40,41);;;;4*1H2/q;3*+1;;;;/p-3/t14-,18-,19-,20-,24-;;;;;;;/m1......./s1. The number of amides is 2. The van der Waals surface area contributed by atoms with Gasteiger partial charge >= 0.3 is 88.7 Å². The first-order valence-corrected chi connectivity index (χ1v) is 20.8. The van der Waals surface area contributed by atoms with E-state index in [4.69, 9.17) is 10.5 Å². The van der Waals surface area contributed by atoms with Gasteiger partial charge in [0.2, 0.25) is 11.8 Å². The van der Waals surface area contributed by atoms with Crippen LogP contribution in [0.15, 0.2) is 12.7 Å². The molecule has 3 rings (SSSR count). The molecule has 61 heavy (non-hydrogen) atoms. The maximum atomic E-state index is 12.5. The number of aliphatic hydroxyl groups is 2. The molecule has 1 aliphatic rings. The first-order chi connectivity index (χ1) is 24.9. The molecular formula is C25H45N7Na3O22P3S. The number of rotatable bonds is 21. The van der Waals surface area contributed by atoms with E-state index in [-0.39, 0.29) is 170 Å². The van der Waals surface area contributed by atoms with Crippen LogP contribution in [0.2, 0.25) is 0 Å². The number of phosphoric ester groups is 3. The Hall–Kier alpha value is 0.0700. The van der Waals surface area contributed by atoms with Crippen LogP contribution in [-0.2, 0) is 55.5 Å². The molecule has 29 nitrogen and oxygen atoms in total. The SMILES string of the molecule is CC(=O)CC(=O)SCCNC(=O)CCNC(=O)[C@@H](O)C(C)(C)COP(=O)([O-])OP(=O)([O-])OC[C@H]1O[C@@H](n2cnc3c(N)ncnc32)[C@H](O)[C@@H]1OP(=O)([O-])O.O.O.O.O.[Na+].[Na+].[Na+]. The summed E-state index contributed by atoms with van der Waals surface area (Å²) in [5.41, 5.74) is 4.07. The van der Waals surface area contributed by atoms with Crippen molar-refractivity contribution in [3.05, 3.63) is 12.7 Å². The monoisotopic (exact) mass is 989 g/mol. The van der Waals surface area contributed by atoms with Gasteiger partial charge in [0.1, 0.15) is 42.0 Å². The predicted molar refractivity (Wildman–Crippen MR) is 190 cm³/mol. The van der Waals surface area contributed by atoms with Crippen LogP contribution in [0.4, 0.5) is 5.82 Å². The zero-order valence-corrected chi connectivity index (χ0v) is 43.1. The van der Waals surface area contributed by atoms with E-state index >= 15 is 0 Å². The fourth-order valence-electron chi connectivity index (χ4n) is 4.53. The van der Waals surface area contributed by atoms with Crippen LogP contribution in [0, 0.1) is 5.41 Å². The molecule has 0 aromatic carbocycles. The number of carbonyl (C=O) groups is 4. The van der Waals surface area contributed by atoms with Gasteiger partial charge in [0.05, 0.1) is 26.0 Å². The van der Waals surface area contributed by atoms with E-state index in [1.807, 2.05) is 0 Å². The van der Waals surface area contributed by atoms with Gasteiger partial charge in [-0.15, -0.1) is 0 Å². The van der Waals surface area contributed by atoms with Crippen LogP contribution in [0.1, 0.15) is 39.8 Å². The van der Waals surface area contributed by atoms with Crippen LogP contribution in [0.5, 0.6) is 0 Å². The molecule has 1 aliphatic heterocycles. The number of Topliss-reactive ketones (excluding diaryl/α,β-unsaturated/α-hetero) is 1. The van der Waals surface area contributed by atoms with Crippen LogP contribution < -0.4 is 120 Å². The van der Waals surface area contributed by atoms with Crippen molar-refractivity contribution < 1.29 is 196 Å². The number of imidazole rings is 1.